The molecule has 1 aliphatic rings. The quantitative estimate of drug-likeness (QED) is 0.0111. The third-order valence-electron chi connectivity index (χ3n) is 18.6. The molecule has 2 aromatic heterocycles. The van der Waals surface area contributed by atoms with Gasteiger partial charge in [0.2, 0.25) is 88.6 Å². The number of aromatic nitrogens is 4. The lowest BCUT2D eigenvalue weighted by molar-refractivity contribution is -0.143. The average Bonchev–Trinajstić information content (AvgIpc) is 1.59. The molecular formula is C73H106N22O21. The molecule has 0 aliphatic carbocycles. The average molecular weight is 1630 g/mol. The van der Waals surface area contributed by atoms with Crippen LogP contribution >= 0.6 is 0 Å². The topological polar surface area (TPSA) is 679 Å². The van der Waals surface area contributed by atoms with Gasteiger partial charge in [-0.15, -0.1) is 0 Å². The Hall–Kier alpha value is -12.5. The number of carbonyl (C=O) groups is 16. The molecule has 43 nitrogen and oxygen atoms in total. The van der Waals surface area contributed by atoms with E-state index in [-0.39, 0.29) is 82.3 Å². The van der Waals surface area contributed by atoms with Crippen molar-refractivity contribution in [1.82, 2.24) is 99.3 Å². The van der Waals surface area contributed by atoms with Crippen molar-refractivity contribution in [3.63, 3.8) is 0 Å². The van der Waals surface area contributed by atoms with Crippen molar-refractivity contribution in [2.45, 2.75) is 184 Å². The van der Waals surface area contributed by atoms with E-state index in [1.54, 1.807) is 88.4 Å². The number of guanidine groups is 1. The number of hydrogen-bond acceptors (Lipinski definition) is 23. The van der Waals surface area contributed by atoms with Crippen LogP contribution in [0, 0.1) is 17.2 Å². The first-order chi connectivity index (χ1) is 55.2. The molecule has 15 amide bonds. The predicted octanol–water partition coefficient (Wildman–Crippen LogP) is -8.37. The Bertz CT molecular complexity index is 3990. The molecule has 4 aromatic rings. The highest BCUT2D eigenvalue weighted by Crippen LogP contribution is 2.22. The summed E-state index contributed by atoms with van der Waals surface area (Å²) in [6.45, 7) is 2.56. The standard InChI is InChI=1S/C73H106N22O21/c1-6-39(4)59(94-70(114)55-20-14-24-95(55)72(116)50(28-44-30-78-37-82-44)89-68(112)53(34-98)92-69(113)54(35-99)91-66(110)51(32-96)83-40(5)100)71(115)88-47(25-41-15-9-7-10-16-41)63(107)87-49(27-43-29-77-36-81-43)64(108)85-45(19-13-23-79-73(75)76)61(105)80-31-56(101)84-46(21-22-57(102)103)62(106)90-52(33-97)67(111)86-48(26-42-17-11-8-12-18-42)65(109)93-58(38(2)3)60(74)104/h7-12,15-18,29-30,36-39,45-55,58-59,96-99H,6,13-14,19-28,31-35H2,1-5H3,(H2,74,104)(H,77,81)(H,78,82)(H,80,105)(H,83,100)(H,84,101)(H,85,108)(H,86,111)(H,87,107)(H,88,115)(H,89,112)(H,90,106)(H,91,110)(H,92,113)(H,93,109)(H,94,114)(H,102,103)(H4,75,76,79)/t39-,45-,46-,47-,48-,49-,50-,51-,52-,53-,54-,55-,58-,59-/m0/s1. The maximum absolute atomic E-state index is 15.0. The Morgan fingerprint density at radius 2 is 0.931 bits per heavy atom. The van der Waals surface area contributed by atoms with Crippen LogP contribution in [-0.4, -0.2) is 276 Å². The number of carbonyl (C=O) groups excluding carboxylic acids is 15. The third kappa shape index (κ3) is 30.8. The first-order valence-electron chi connectivity index (χ1n) is 37.4. The summed E-state index contributed by atoms with van der Waals surface area (Å²) >= 11 is 0. The molecule has 43 heteroatoms. The molecule has 5 rings (SSSR count). The Labute approximate surface area is 666 Å². The van der Waals surface area contributed by atoms with Gasteiger partial charge in [0.25, 0.3) is 0 Å². The van der Waals surface area contributed by atoms with E-state index in [0.717, 1.165) is 6.92 Å². The van der Waals surface area contributed by atoms with E-state index in [9.17, 15) is 102 Å². The summed E-state index contributed by atoms with van der Waals surface area (Å²) in [6, 6.07) is -3.58. The highest BCUT2D eigenvalue weighted by Gasteiger charge is 2.42. The SMILES string of the molecule is CC[C@H](C)[C@H](NC(=O)[C@@H]1CCCN1C(=O)[C@H](Cc1c[nH]cn1)NC(=O)[C@H](CO)NC(=O)[C@H](CO)NC(=O)[C@H](CO)NC(C)=O)C(=O)N[C@@H](Cc1ccccc1)C(=O)N[C@@H](Cc1c[nH]cn1)C(=O)N[C@@H](CCCNC(=N)N)C(=O)NCC(=O)N[C@@H](CCC(=O)O)C(=O)N[C@@H](CO)C(=O)N[C@@H](Cc1ccccc1)C(=O)N[C@H](C(N)=O)C(C)C. The third-order valence-corrected chi connectivity index (χ3v) is 18.6. The number of amides is 15. The number of H-pyrrole nitrogens is 2. The second kappa shape index (κ2) is 47.9. The van der Waals surface area contributed by atoms with Crippen molar-refractivity contribution < 1.29 is 102 Å². The normalized spacial score (nSPS) is 15.7. The summed E-state index contributed by atoms with van der Waals surface area (Å²) in [5.41, 5.74) is 12.6. The Morgan fingerprint density at radius 3 is 1.37 bits per heavy atom. The lowest BCUT2D eigenvalue weighted by Crippen LogP contribution is -2.62. The number of hydrogen-bond donors (Lipinski definition) is 24. The number of aliphatic hydroxyl groups excluding tert-OH is 4. The monoisotopic (exact) mass is 1630 g/mol. The number of nitrogens with zero attached hydrogens (tertiary/aromatic N) is 3. The molecule has 1 saturated heterocycles. The summed E-state index contributed by atoms with van der Waals surface area (Å²) in [4.78, 5) is 234. The molecule has 0 bridgehead atoms. The molecule has 0 unspecified atom stereocenters. The number of imidazole rings is 2. The number of likely N-dealkylation sites (tertiary alicyclic amines) is 1. The Morgan fingerprint density at radius 1 is 0.509 bits per heavy atom. The molecule has 2 aromatic carbocycles. The van der Waals surface area contributed by atoms with Gasteiger partial charge in [-0.2, -0.15) is 0 Å². The number of aliphatic carboxylic acids is 1. The van der Waals surface area contributed by atoms with Crippen molar-refractivity contribution in [2.75, 3.05) is 46.1 Å². The minimum atomic E-state index is -1.82. The molecule has 0 saturated carbocycles. The molecule has 634 valence electrons. The first kappa shape index (κ1) is 94.1. The summed E-state index contributed by atoms with van der Waals surface area (Å²) in [5, 5.41) is 91.8. The van der Waals surface area contributed by atoms with Crippen LogP contribution in [0.5, 0.6) is 0 Å². The molecule has 14 atom stereocenters. The van der Waals surface area contributed by atoms with Crippen LogP contribution < -0.4 is 85.9 Å². The molecular weight excluding hydrogens is 1520 g/mol. The first-order valence-corrected chi connectivity index (χ1v) is 37.4. The maximum atomic E-state index is 15.0. The van der Waals surface area contributed by atoms with Gasteiger partial charge in [0, 0.05) is 64.5 Å². The lowest BCUT2D eigenvalue weighted by Gasteiger charge is -2.32. The summed E-state index contributed by atoms with van der Waals surface area (Å²) in [7, 11) is 0. The van der Waals surface area contributed by atoms with Crippen LogP contribution in [-0.2, 0) is 102 Å². The smallest absolute Gasteiger partial charge is 0.303 e. The van der Waals surface area contributed by atoms with E-state index in [2.05, 4.69) is 94.4 Å². The zero-order valence-corrected chi connectivity index (χ0v) is 64.7. The number of nitrogens with one attached hydrogen (secondary N) is 17. The molecule has 0 spiro atoms. The molecule has 0 radical (unpaired) electrons. The van der Waals surface area contributed by atoms with Crippen LogP contribution in [0.4, 0.5) is 0 Å². The Balaban J connectivity index is 1.35. The van der Waals surface area contributed by atoms with Gasteiger partial charge in [-0.3, -0.25) is 82.1 Å². The van der Waals surface area contributed by atoms with Crippen LogP contribution in [0.1, 0.15) is 102 Å². The van der Waals surface area contributed by atoms with Crippen molar-refractivity contribution in [3.8, 4) is 0 Å². The highest BCUT2D eigenvalue weighted by molar-refractivity contribution is 6.00. The Kier molecular flexibility index (Phi) is 38.8. The van der Waals surface area contributed by atoms with E-state index < -0.39 is 237 Å². The van der Waals surface area contributed by atoms with Gasteiger partial charge in [-0.25, -0.2) is 9.97 Å². The largest absolute Gasteiger partial charge is 0.481 e. The minimum Gasteiger partial charge on any atom is -0.481 e. The van der Waals surface area contributed by atoms with Crippen LogP contribution in [0.25, 0.3) is 0 Å². The zero-order valence-electron chi connectivity index (χ0n) is 64.7. The minimum absolute atomic E-state index is 0.0202. The zero-order chi connectivity index (χ0) is 85.7. The van der Waals surface area contributed by atoms with Gasteiger partial charge in [-0.1, -0.05) is 94.8 Å². The van der Waals surface area contributed by atoms with E-state index in [4.69, 9.17) is 16.9 Å². The van der Waals surface area contributed by atoms with E-state index >= 15 is 0 Å². The summed E-state index contributed by atoms with van der Waals surface area (Å²) in [6.07, 6.45) is 3.36. The number of aliphatic hydroxyl groups is 4. The predicted molar refractivity (Wildman–Crippen MR) is 409 cm³/mol. The maximum Gasteiger partial charge on any atom is 0.303 e. The van der Waals surface area contributed by atoms with Crippen molar-refractivity contribution in [3.05, 3.63) is 108 Å². The number of carboxylic acid groups (broad SMARTS) is 1. The fourth-order valence-electron chi connectivity index (χ4n) is 12.1. The fourth-order valence-corrected chi connectivity index (χ4v) is 12.1. The van der Waals surface area contributed by atoms with Crippen molar-refractivity contribution in [1.29, 1.82) is 5.41 Å². The number of rotatable bonds is 49. The summed E-state index contributed by atoms with van der Waals surface area (Å²) in [5.74, 6) is -17.8. The van der Waals surface area contributed by atoms with Gasteiger partial charge < -0.3 is 126 Å². The van der Waals surface area contributed by atoms with Gasteiger partial charge in [0.15, 0.2) is 5.96 Å². The number of nitrogens with two attached hydrogens (primary N) is 2. The second-order valence-corrected chi connectivity index (χ2v) is 27.8. The van der Waals surface area contributed by atoms with Crippen molar-refractivity contribution >= 4 is 101 Å². The van der Waals surface area contributed by atoms with E-state index in [1.165, 1.54) is 29.9 Å². The fraction of sp³-hybridized carbons (Fsp3) is 0.521. The highest BCUT2D eigenvalue weighted by atomic mass is 16.4. The molecule has 1 fully saturated rings. The lowest BCUT2D eigenvalue weighted by atomic mass is 9.96. The van der Waals surface area contributed by atoms with Crippen LogP contribution in [0.15, 0.2) is 85.7 Å². The van der Waals surface area contributed by atoms with Gasteiger partial charge in [0.05, 0.1) is 57.0 Å². The molecule has 1 aliphatic heterocycles. The van der Waals surface area contributed by atoms with Crippen molar-refractivity contribution in [2.24, 2.45) is 23.3 Å². The molecule has 116 heavy (non-hydrogen) atoms. The van der Waals surface area contributed by atoms with E-state index in [1.807, 2.05) is 0 Å². The van der Waals surface area contributed by atoms with Gasteiger partial charge in [0.1, 0.15) is 78.5 Å². The van der Waals surface area contributed by atoms with Gasteiger partial charge in [-0.05, 0) is 55.1 Å². The van der Waals surface area contributed by atoms with Crippen LogP contribution in [0.2, 0.25) is 0 Å². The second-order valence-electron chi connectivity index (χ2n) is 27.8. The number of aromatic amines is 2. The molecule has 3 heterocycles. The van der Waals surface area contributed by atoms with Gasteiger partial charge >= 0.3 is 5.97 Å². The summed E-state index contributed by atoms with van der Waals surface area (Å²) < 4.78 is 0. The number of carboxylic acids is 1. The van der Waals surface area contributed by atoms with Crippen LogP contribution in [0.3, 0.4) is 0 Å². The molecule has 26 N–H and O–H groups in total. The van der Waals surface area contributed by atoms with E-state index in [0.29, 0.717) is 11.1 Å². The number of benzene rings is 2. The number of primary amides is 1.